The van der Waals surface area contributed by atoms with Gasteiger partial charge in [-0.3, -0.25) is 0 Å². The Morgan fingerprint density at radius 2 is 1.35 bits per heavy atom. The van der Waals surface area contributed by atoms with Gasteiger partial charge in [0.05, 0.1) is 38.8 Å². The number of rotatable bonds is 11. The van der Waals surface area contributed by atoms with Crippen LogP contribution in [0.5, 0.6) is 11.5 Å². The molecule has 1 aromatic heterocycles. The van der Waals surface area contributed by atoms with Crippen LogP contribution in [0.25, 0.3) is 11.4 Å². The van der Waals surface area contributed by atoms with Crippen LogP contribution < -0.4 is 9.47 Å². The summed E-state index contributed by atoms with van der Waals surface area (Å²) in [6.45, 7) is 3.03. The van der Waals surface area contributed by atoms with Crippen LogP contribution in [0.1, 0.15) is 0 Å². The van der Waals surface area contributed by atoms with Crippen LogP contribution >= 0.6 is 0 Å². The smallest absolute Gasteiger partial charge is 0.189 e. The van der Waals surface area contributed by atoms with Crippen LogP contribution in [0.2, 0.25) is 0 Å². The van der Waals surface area contributed by atoms with Gasteiger partial charge >= 0.3 is 0 Å². The van der Waals surface area contributed by atoms with Crippen molar-refractivity contribution in [2.24, 2.45) is 0 Å². The lowest BCUT2D eigenvalue weighted by Crippen LogP contribution is -2.08. The Morgan fingerprint density at radius 1 is 0.808 bits per heavy atom. The minimum atomic E-state index is 0.156. The van der Waals surface area contributed by atoms with E-state index in [0.717, 1.165) is 24.5 Å². The predicted molar refractivity (Wildman–Crippen MR) is 89.8 cm³/mol. The lowest BCUT2D eigenvalue weighted by molar-refractivity contribution is 0.00778. The highest BCUT2D eigenvalue weighted by atomic mass is 16.7. The number of hydrogen-bond acceptors (Lipinski definition) is 8. The molecule has 26 heavy (non-hydrogen) atoms. The molecule has 0 amide bonds. The molecule has 0 N–H and O–H groups in total. The number of benzene rings is 1. The van der Waals surface area contributed by atoms with Gasteiger partial charge in [0, 0.05) is 5.56 Å². The molecule has 138 valence electrons. The van der Waals surface area contributed by atoms with Gasteiger partial charge in [-0.2, -0.15) is 0 Å². The number of aromatic nitrogens is 2. The molecule has 2 aliphatic heterocycles. The molecule has 2 aliphatic rings. The molecule has 2 atom stereocenters. The Hall–Kier alpha value is -2.26. The largest absolute Gasteiger partial charge is 0.468 e. The first-order chi connectivity index (χ1) is 12.9. The van der Waals surface area contributed by atoms with Crippen molar-refractivity contribution in [2.45, 2.75) is 12.2 Å². The minimum absolute atomic E-state index is 0.156. The molecule has 4 rings (SSSR count). The van der Waals surface area contributed by atoms with Crippen LogP contribution in [-0.2, 0) is 18.9 Å². The Balaban J connectivity index is 1.22. The van der Waals surface area contributed by atoms with Crippen molar-refractivity contribution >= 4 is 0 Å². The average molecular weight is 360 g/mol. The van der Waals surface area contributed by atoms with Gasteiger partial charge in [-0.25, -0.2) is 9.97 Å². The Kier molecular flexibility index (Phi) is 5.56. The third-order valence-corrected chi connectivity index (χ3v) is 3.77. The van der Waals surface area contributed by atoms with E-state index in [2.05, 4.69) is 9.97 Å². The van der Waals surface area contributed by atoms with E-state index in [1.165, 1.54) is 0 Å². The third-order valence-electron chi connectivity index (χ3n) is 3.77. The van der Waals surface area contributed by atoms with Gasteiger partial charge < -0.3 is 28.4 Å². The molecule has 0 radical (unpaired) electrons. The summed E-state index contributed by atoms with van der Waals surface area (Å²) in [5.74, 6) is 1.89. The number of nitrogens with zero attached hydrogens (tertiary/aromatic N) is 2. The van der Waals surface area contributed by atoms with Crippen LogP contribution in [0.15, 0.2) is 36.7 Å². The topological polar surface area (TPSA) is 87.8 Å². The highest BCUT2D eigenvalue weighted by molar-refractivity contribution is 5.56. The highest BCUT2D eigenvalue weighted by Crippen LogP contribution is 2.20. The first-order valence-corrected chi connectivity index (χ1v) is 8.43. The zero-order valence-corrected chi connectivity index (χ0v) is 14.2. The van der Waals surface area contributed by atoms with E-state index in [-0.39, 0.29) is 25.8 Å². The molecule has 2 aromatic rings. The summed E-state index contributed by atoms with van der Waals surface area (Å²) in [7, 11) is 0. The Labute approximate surface area is 151 Å². The van der Waals surface area contributed by atoms with Crippen LogP contribution in [0.4, 0.5) is 0 Å². The van der Waals surface area contributed by atoms with Crippen molar-refractivity contribution in [3.63, 3.8) is 0 Å². The maximum atomic E-state index is 5.51. The monoisotopic (exact) mass is 360 g/mol. The molecular formula is C18H20N2O6. The zero-order chi connectivity index (χ0) is 17.6. The molecule has 0 bridgehead atoms. The third kappa shape index (κ3) is 5.37. The molecule has 0 spiro atoms. The standard InChI is InChI=1S/C18H20N2O6/c1-3-14(25-11-21-7-16-9-23-16)4-2-13(1)18-19-5-15(6-20-18)26-12-22-8-17-10-24-17/h1-6,16-17H,7-12H2. The van der Waals surface area contributed by atoms with Crippen LogP contribution in [-0.4, -0.2) is 62.2 Å². The molecule has 0 saturated carbocycles. The normalized spacial score (nSPS) is 20.6. The van der Waals surface area contributed by atoms with Gasteiger partial charge in [-0.15, -0.1) is 0 Å². The lowest BCUT2D eigenvalue weighted by Gasteiger charge is -2.08. The first kappa shape index (κ1) is 17.2. The van der Waals surface area contributed by atoms with Gasteiger partial charge in [-0.05, 0) is 24.3 Å². The van der Waals surface area contributed by atoms with Crippen molar-refractivity contribution in [1.82, 2.24) is 9.97 Å². The quantitative estimate of drug-likeness (QED) is 0.340. The van der Waals surface area contributed by atoms with Gasteiger partial charge in [0.15, 0.2) is 25.2 Å². The average Bonchev–Trinajstić information content (AvgIpc) is 3.59. The lowest BCUT2D eigenvalue weighted by atomic mass is 10.2. The van der Waals surface area contributed by atoms with Crippen LogP contribution in [0.3, 0.4) is 0 Å². The van der Waals surface area contributed by atoms with E-state index in [0.29, 0.717) is 24.8 Å². The summed E-state index contributed by atoms with van der Waals surface area (Å²) in [5.41, 5.74) is 0.887. The maximum absolute atomic E-state index is 5.51. The van der Waals surface area contributed by atoms with Gasteiger partial charge in [0.25, 0.3) is 0 Å². The summed E-state index contributed by atoms with van der Waals surface area (Å²) >= 11 is 0. The second kappa shape index (κ2) is 8.41. The first-order valence-electron chi connectivity index (χ1n) is 8.43. The fourth-order valence-corrected chi connectivity index (χ4v) is 2.15. The molecule has 8 heteroatoms. The Bertz CT molecular complexity index is 624. The second-order valence-corrected chi connectivity index (χ2v) is 5.94. The summed E-state index contributed by atoms with van der Waals surface area (Å²) in [5, 5.41) is 0. The fourth-order valence-electron chi connectivity index (χ4n) is 2.15. The van der Waals surface area contributed by atoms with Gasteiger partial charge in [0.2, 0.25) is 0 Å². The van der Waals surface area contributed by atoms with E-state index < -0.39 is 0 Å². The van der Waals surface area contributed by atoms with Crippen molar-refractivity contribution in [1.29, 1.82) is 0 Å². The fraction of sp³-hybridized carbons (Fsp3) is 0.444. The molecule has 2 unspecified atom stereocenters. The van der Waals surface area contributed by atoms with Crippen molar-refractivity contribution in [3.8, 4) is 22.9 Å². The molecule has 0 aliphatic carbocycles. The Morgan fingerprint density at radius 3 is 1.88 bits per heavy atom. The molecule has 2 fully saturated rings. The number of hydrogen-bond donors (Lipinski definition) is 0. The molecule has 3 heterocycles. The maximum Gasteiger partial charge on any atom is 0.189 e. The van der Waals surface area contributed by atoms with E-state index in [9.17, 15) is 0 Å². The van der Waals surface area contributed by atoms with Crippen LogP contribution in [0, 0.1) is 0 Å². The van der Waals surface area contributed by atoms with Crippen molar-refractivity contribution < 1.29 is 28.4 Å². The number of epoxide rings is 2. The molecular weight excluding hydrogens is 340 g/mol. The van der Waals surface area contributed by atoms with Crippen molar-refractivity contribution in [3.05, 3.63) is 36.7 Å². The highest BCUT2D eigenvalue weighted by Gasteiger charge is 2.22. The summed E-state index contributed by atoms with van der Waals surface area (Å²) in [6, 6.07) is 7.50. The molecule has 1 aromatic carbocycles. The zero-order valence-electron chi connectivity index (χ0n) is 14.2. The van der Waals surface area contributed by atoms with E-state index in [1.807, 2.05) is 24.3 Å². The summed E-state index contributed by atoms with van der Waals surface area (Å²) < 4.78 is 31.7. The van der Waals surface area contributed by atoms with Gasteiger partial charge in [-0.1, -0.05) is 0 Å². The minimum Gasteiger partial charge on any atom is -0.468 e. The second-order valence-electron chi connectivity index (χ2n) is 5.94. The SMILES string of the molecule is c1cc(-c2ncc(OCOCC3CO3)cn2)ccc1OCOCC1CO1. The predicted octanol–water partition coefficient (Wildman–Crippen LogP) is 1.65. The van der Waals surface area contributed by atoms with Gasteiger partial charge in [0.1, 0.15) is 18.0 Å². The molecule has 2 saturated heterocycles. The summed E-state index contributed by atoms with van der Waals surface area (Å²) in [4.78, 5) is 8.62. The number of ether oxygens (including phenoxy) is 6. The van der Waals surface area contributed by atoms with E-state index in [1.54, 1.807) is 12.4 Å². The molecule has 8 nitrogen and oxygen atoms in total. The van der Waals surface area contributed by atoms with E-state index >= 15 is 0 Å². The summed E-state index contributed by atoms with van der Waals surface area (Å²) in [6.07, 6.45) is 3.71. The van der Waals surface area contributed by atoms with Crippen molar-refractivity contribution in [2.75, 3.05) is 40.0 Å². The van der Waals surface area contributed by atoms with E-state index in [4.69, 9.17) is 28.4 Å².